The quantitative estimate of drug-likeness (QED) is 0.455. The number of carbonyl (C=O) groups is 1. The number of nitrogens with zero attached hydrogens (tertiary/aromatic N) is 2. The molecule has 0 aliphatic rings. The van der Waals surface area contributed by atoms with Gasteiger partial charge in [-0.25, -0.2) is 9.78 Å². The Morgan fingerprint density at radius 1 is 1.19 bits per heavy atom. The third-order valence-corrected chi connectivity index (χ3v) is 4.80. The van der Waals surface area contributed by atoms with Crippen LogP contribution in [0.15, 0.2) is 59.3 Å². The molecule has 0 bridgehead atoms. The second kappa shape index (κ2) is 11.0. The van der Waals surface area contributed by atoms with Crippen LogP contribution in [0.4, 0.5) is 13.2 Å². The van der Waals surface area contributed by atoms with E-state index in [-0.39, 0.29) is 0 Å². The van der Waals surface area contributed by atoms with E-state index < -0.39 is 12.1 Å². The summed E-state index contributed by atoms with van der Waals surface area (Å²) in [7, 11) is 1.71. The van der Waals surface area contributed by atoms with Gasteiger partial charge in [0.15, 0.2) is 0 Å². The van der Waals surface area contributed by atoms with Gasteiger partial charge in [-0.1, -0.05) is 59.6 Å². The molecule has 0 spiro atoms. The lowest BCUT2D eigenvalue weighted by molar-refractivity contribution is -0.192. The number of hydrogen-bond acceptors (Lipinski definition) is 3. The van der Waals surface area contributed by atoms with E-state index in [2.05, 4.69) is 45.6 Å². The molecule has 0 atom stereocenters. The first kappa shape index (κ1) is 24.5. The molecule has 1 heterocycles. The van der Waals surface area contributed by atoms with Crippen molar-refractivity contribution in [2.75, 3.05) is 7.11 Å². The molecule has 3 rings (SSSR count). The standard InChI is InChI=1S/C20H21BrN2O.C2HF3O2/c1-3-7-18-20(15-9-6-10-17(21)12-15)22-14-23(18)13-16-8-4-5-11-19(16)24-2;3-2(4,5)1(6)7/h4-6,8-12,14H,3,7,13H2,1-2H3;(H,6,7). The van der Waals surface area contributed by atoms with Crippen LogP contribution in [0.2, 0.25) is 0 Å². The third-order valence-electron chi connectivity index (χ3n) is 4.31. The number of carboxylic acids is 1. The summed E-state index contributed by atoms with van der Waals surface area (Å²) in [5.74, 6) is -1.84. The molecule has 0 amide bonds. The lowest BCUT2D eigenvalue weighted by atomic mass is 10.1. The van der Waals surface area contributed by atoms with Gasteiger partial charge in [0, 0.05) is 21.3 Å². The minimum atomic E-state index is -5.08. The van der Waals surface area contributed by atoms with Crippen LogP contribution in [-0.2, 0) is 17.8 Å². The number of alkyl halides is 3. The maximum atomic E-state index is 10.6. The van der Waals surface area contributed by atoms with Crippen molar-refractivity contribution in [2.24, 2.45) is 0 Å². The number of aliphatic carboxylic acids is 1. The molecule has 0 radical (unpaired) electrons. The summed E-state index contributed by atoms with van der Waals surface area (Å²) >= 11 is 3.55. The van der Waals surface area contributed by atoms with Crippen molar-refractivity contribution in [3.05, 3.63) is 70.6 Å². The van der Waals surface area contributed by atoms with Gasteiger partial charge in [-0.15, -0.1) is 0 Å². The van der Waals surface area contributed by atoms with Crippen molar-refractivity contribution in [2.45, 2.75) is 32.5 Å². The zero-order chi connectivity index (χ0) is 23.0. The monoisotopic (exact) mass is 498 g/mol. The van der Waals surface area contributed by atoms with E-state index in [1.165, 1.54) is 5.69 Å². The Bertz CT molecular complexity index is 1020. The summed E-state index contributed by atoms with van der Waals surface area (Å²) in [6, 6.07) is 16.5. The van der Waals surface area contributed by atoms with E-state index in [1.54, 1.807) is 7.11 Å². The number of halogens is 4. The van der Waals surface area contributed by atoms with E-state index in [1.807, 2.05) is 36.7 Å². The molecule has 0 saturated heterocycles. The summed E-state index contributed by atoms with van der Waals surface area (Å²) in [6.45, 7) is 2.96. The first-order valence-corrected chi connectivity index (χ1v) is 10.2. The fourth-order valence-electron chi connectivity index (χ4n) is 2.94. The van der Waals surface area contributed by atoms with Crippen molar-refractivity contribution in [3.63, 3.8) is 0 Å². The molecule has 2 aromatic carbocycles. The Hall–Kier alpha value is -2.81. The summed E-state index contributed by atoms with van der Waals surface area (Å²) in [5.41, 5.74) is 4.64. The molecular formula is C22H22BrF3N2O3. The average Bonchev–Trinajstić information content (AvgIpc) is 3.11. The largest absolute Gasteiger partial charge is 0.496 e. The van der Waals surface area contributed by atoms with Gasteiger partial charge in [0.1, 0.15) is 5.75 Å². The van der Waals surface area contributed by atoms with E-state index in [0.717, 1.165) is 46.4 Å². The molecule has 0 aliphatic heterocycles. The fraction of sp³-hybridized carbons (Fsp3) is 0.273. The number of carboxylic acid groups (broad SMARTS) is 1. The van der Waals surface area contributed by atoms with Crippen LogP contribution in [0.1, 0.15) is 24.6 Å². The number of rotatable bonds is 6. The van der Waals surface area contributed by atoms with Crippen LogP contribution in [0.3, 0.4) is 0 Å². The Balaban J connectivity index is 0.000000423. The van der Waals surface area contributed by atoms with Crippen LogP contribution >= 0.6 is 15.9 Å². The van der Waals surface area contributed by atoms with Gasteiger partial charge >= 0.3 is 12.1 Å². The van der Waals surface area contributed by atoms with Crippen LogP contribution in [-0.4, -0.2) is 33.9 Å². The number of hydrogen-bond donors (Lipinski definition) is 1. The number of para-hydroxylation sites is 1. The SMILES string of the molecule is CCCc1c(-c2cccc(Br)c2)ncn1Cc1ccccc1OC.O=C(O)C(F)(F)F. The predicted molar refractivity (Wildman–Crippen MR) is 115 cm³/mol. The Kier molecular flexibility index (Phi) is 8.67. The van der Waals surface area contributed by atoms with Crippen LogP contribution in [0, 0.1) is 0 Å². The Morgan fingerprint density at radius 2 is 1.87 bits per heavy atom. The van der Waals surface area contributed by atoms with Gasteiger partial charge < -0.3 is 14.4 Å². The lowest BCUT2D eigenvalue weighted by Crippen LogP contribution is -2.21. The minimum absolute atomic E-state index is 0.764. The molecule has 0 unspecified atom stereocenters. The number of aromatic nitrogens is 2. The lowest BCUT2D eigenvalue weighted by Gasteiger charge is -2.12. The van der Waals surface area contributed by atoms with Crippen LogP contribution < -0.4 is 4.74 Å². The molecule has 0 saturated carbocycles. The summed E-state index contributed by atoms with van der Waals surface area (Å²) in [5, 5.41) is 7.12. The zero-order valence-electron chi connectivity index (χ0n) is 17.0. The molecular weight excluding hydrogens is 477 g/mol. The molecule has 1 aromatic heterocycles. The third kappa shape index (κ3) is 6.85. The van der Waals surface area contributed by atoms with Crippen LogP contribution in [0.5, 0.6) is 5.75 Å². The fourth-order valence-corrected chi connectivity index (χ4v) is 3.34. The van der Waals surface area contributed by atoms with Gasteiger partial charge in [-0.2, -0.15) is 13.2 Å². The van der Waals surface area contributed by atoms with E-state index >= 15 is 0 Å². The van der Waals surface area contributed by atoms with E-state index in [9.17, 15) is 13.2 Å². The first-order chi connectivity index (χ1) is 14.7. The maximum Gasteiger partial charge on any atom is 0.490 e. The highest BCUT2D eigenvalue weighted by atomic mass is 79.9. The number of methoxy groups -OCH3 is 1. The average molecular weight is 499 g/mol. The highest BCUT2D eigenvalue weighted by Crippen LogP contribution is 2.27. The zero-order valence-corrected chi connectivity index (χ0v) is 18.6. The summed E-state index contributed by atoms with van der Waals surface area (Å²) < 4.78 is 40.5. The normalized spacial score (nSPS) is 10.9. The molecule has 166 valence electrons. The summed E-state index contributed by atoms with van der Waals surface area (Å²) in [4.78, 5) is 13.6. The molecule has 3 aromatic rings. The van der Waals surface area contributed by atoms with E-state index in [4.69, 9.17) is 19.6 Å². The van der Waals surface area contributed by atoms with Crippen molar-refractivity contribution >= 4 is 21.9 Å². The highest BCUT2D eigenvalue weighted by Gasteiger charge is 2.38. The Morgan fingerprint density at radius 3 is 2.45 bits per heavy atom. The van der Waals surface area contributed by atoms with Gasteiger partial charge in [-0.05, 0) is 24.6 Å². The number of imidazole rings is 1. The number of ether oxygens (including phenoxy) is 1. The smallest absolute Gasteiger partial charge is 0.490 e. The van der Waals surface area contributed by atoms with Crippen molar-refractivity contribution in [1.29, 1.82) is 0 Å². The van der Waals surface area contributed by atoms with Crippen LogP contribution in [0.25, 0.3) is 11.3 Å². The van der Waals surface area contributed by atoms with Gasteiger partial charge in [-0.3, -0.25) is 0 Å². The second-order valence-electron chi connectivity index (χ2n) is 6.54. The Labute approximate surface area is 186 Å². The van der Waals surface area contributed by atoms with Gasteiger partial charge in [0.05, 0.1) is 25.7 Å². The topological polar surface area (TPSA) is 64.4 Å². The minimum Gasteiger partial charge on any atom is -0.496 e. The van der Waals surface area contributed by atoms with Crippen molar-refractivity contribution in [3.8, 4) is 17.0 Å². The second-order valence-corrected chi connectivity index (χ2v) is 7.46. The maximum absolute atomic E-state index is 10.6. The van der Waals surface area contributed by atoms with Crippen molar-refractivity contribution in [1.82, 2.24) is 9.55 Å². The first-order valence-electron chi connectivity index (χ1n) is 9.39. The van der Waals surface area contributed by atoms with E-state index in [0.29, 0.717) is 0 Å². The highest BCUT2D eigenvalue weighted by molar-refractivity contribution is 9.10. The molecule has 1 N–H and O–H groups in total. The van der Waals surface area contributed by atoms with Crippen molar-refractivity contribution < 1.29 is 27.8 Å². The van der Waals surface area contributed by atoms with Gasteiger partial charge in [0.2, 0.25) is 0 Å². The summed E-state index contributed by atoms with van der Waals surface area (Å²) in [6.07, 6.45) is -1.07. The molecule has 9 heteroatoms. The molecule has 0 fully saturated rings. The number of benzene rings is 2. The molecule has 5 nitrogen and oxygen atoms in total. The van der Waals surface area contributed by atoms with Gasteiger partial charge in [0.25, 0.3) is 0 Å². The molecule has 0 aliphatic carbocycles. The molecule has 31 heavy (non-hydrogen) atoms. The predicted octanol–water partition coefficient (Wildman–Crippen LogP) is 5.96.